The highest BCUT2D eigenvalue weighted by Crippen LogP contribution is 2.31. The van der Waals surface area contributed by atoms with Gasteiger partial charge in [0.05, 0.1) is 25.3 Å². The minimum Gasteiger partial charge on any atom is -0.493 e. The summed E-state index contributed by atoms with van der Waals surface area (Å²) in [5.41, 5.74) is 4.03. The number of benzene rings is 2. The normalized spacial score (nSPS) is 10.5. The van der Waals surface area contributed by atoms with Gasteiger partial charge in [-0.2, -0.15) is 0 Å². The van der Waals surface area contributed by atoms with E-state index in [9.17, 15) is 9.59 Å². The molecule has 0 aliphatic heterocycles. The van der Waals surface area contributed by atoms with Crippen LogP contribution in [-0.4, -0.2) is 35.9 Å². The predicted octanol–water partition coefficient (Wildman–Crippen LogP) is 1.41. The number of hydrogen-bond donors (Lipinski definition) is 3. The SMILES string of the molecule is COc1cc2nc(C(=O)c3ccc(C(=O)NN)cc3)[nH]c2cc1OC. The van der Waals surface area contributed by atoms with Crippen molar-refractivity contribution in [3.8, 4) is 11.5 Å². The van der Waals surface area contributed by atoms with E-state index in [1.165, 1.54) is 26.4 Å². The van der Waals surface area contributed by atoms with Crippen LogP contribution in [0.3, 0.4) is 0 Å². The zero-order valence-electron chi connectivity index (χ0n) is 13.6. The summed E-state index contributed by atoms with van der Waals surface area (Å²) in [6.07, 6.45) is 0. The van der Waals surface area contributed by atoms with Crippen LogP contribution < -0.4 is 20.7 Å². The fourth-order valence-electron chi connectivity index (χ4n) is 2.44. The van der Waals surface area contributed by atoms with Crippen molar-refractivity contribution in [3.05, 3.63) is 53.3 Å². The van der Waals surface area contributed by atoms with Gasteiger partial charge in [-0.3, -0.25) is 15.0 Å². The molecule has 0 aliphatic carbocycles. The van der Waals surface area contributed by atoms with Gasteiger partial charge in [0, 0.05) is 23.3 Å². The Morgan fingerprint density at radius 3 is 2.24 bits per heavy atom. The third-order valence-electron chi connectivity index (χ3n) is 3.74. The van der Waals surface area contributed by atoms with Crippen molar-refractivity contribution in [2.24, 2.45) is 5.84 Å². The lowest BCUT2D eigenvalue weighted by Gasteiger charge is -2.06. The standard InChI is InChI=1S/C17H16N4O4/c1-24-13-7-11-12(8-14(13)25-2)20-16(19-11)15(22)9-3-5-10(6-4-9)17(23)21-18/h3-8H,18H2,1-2H3,(H,19,20)(H,21,23). The van der Waals surface area contributed by atoms with E-state index >= 15 is 0 Å². The molecule has 0 saturated heterocycles. The minimum absolute atomic E-state index is 0.182. The van der Waals surface area contributed by atoms with Gasteiger partial charge in [-0.1, -0.05) is 12.1 Å². The number of hydrazine groups is 1. The van der Waals surface area contributed by atoms with Gasteiger partial charge in [0.1, 0.15) is 0 Å². The van der Waals surface area contributed by atoms with E-state index in [0.717, 1.165) is 0 Å². The molecule has 2 aromatic carbocycles. The lowest BCUT2D eigenvalue weighted by Crippen LogP contribution is -2.29. The quantitative estimate of drug-likeness (QED) is 0.280. The third-order valence-corrected chi connectivity index (χ3v) is 3.74. The molecule has 1 aromatic heterocycles. The average molecular weight is 340 g/mol. The molecule has 0 fully saturated rings. The van der Waals surface area contributed by atoms with Crippen LogP contribution in [0.25, 0.3) is 11.0 Å². The molecule has 3 aromatic rings. The fourth-order valence-corrected chi connectivity index (χ4v) is 2.44. The number of nitrogens with two attached hydrogens (primary N) is 1. The monoisotopic (exact) mass is 340 g/mol. The molecule has 0 spiro atoms. The highest BCUT2D eigenvalue weighted by atomic mass is 16.5. The molecule has 0 saturated carbocycles. The number of nitrogen functional groups attached to an aromatic ring is 1. The summed E-state index contributed by atoms with van der Waals surface area (Å²) in [5, 5.41) is 0. The third kappa shape index (κ3) is 3.02. The molecular weight excluding hydrogens is 324 g/mol. The highest BCUT2D eigenvalue weighted by Gasteiger charge is 2.16. The van der Waals surface area contributed by atoms with Crippen LogP contribution in [0.4, 0.5) is 0 Å². The summed E-state index contributed by atoms with van der Waals surface area (Å²) < 4.78 is 10.5. The van der Waals surface area contributed by atoms with E-state index in [-0.39, 0.29) is 11.6 Å². The molecule has 0 bridgehead atoms. The number of ether oxygens (including phenoxy) is 2. The maximum absolute atomic E-state index is 12.6. The zero-order valence-corrected chi connectivity index (χ0v) is 13.6. The summed E-state index contributed by atoms with van der Waals surface area (Å²) in [4.78, 5) is 31.3. The maximum atomic E-state index is 12.6. The number of ketones is 1. The van der Waals surface area contributed by atoms with Gasteiger partial charge >= 0.3 is 0 Å². The topological polar surface area (TPSA) is 119 Å². The number of aromatic amines is 1. The van der Waals surface area contributed by atoms with Crippen LogP contribution in [0.5, 0.6) is 11.5 Å². The van der Waals surface area contributed by atoms with Crippen LogP contribution in [0.2, 0.25) is 0 Å². The fraction of sp³-hybridized carbons (Fsp3) is 0.118. The molecule has 25 heavy (non-hydrogen) atoms. The van der Waals surface area contributed by atoms with Crippen LogP contribution in [0.15, 0.2) is 36.4 Å². The summed E-state index contributed by atoms with van der Waals surface area (Å²) in [7, 11) is 3.06. The smallest absolute Gasteiger partial charge is 0.265 e. The Kier molecular flexibility index (Phi) is 4.36. The van der Waals surface area contributed by atoms with Crippen LogP contribution >= 0.6 is 0 Å². The minimum atomic E-state index is -0.429. The molecular formula is C17H16N4O4. The first kappa shape index (κ1) is 16.5. The largest absolute Gasteiger partial charge is 0.493 e. The van der Waals surface area contributed by atoms with Gasteiger partial charge in [-0.05, 0) is 12.1 Å². The number of carbonyl (C=O) groups is 2. The molecule has 0 aliphatic rings. The molecule has 0 unspecified atom stereocenters. The second kappa shape index (κ2) is 6.62. The molecule has 1 heterocycles. The van der Waals surface area contributed by atoms with E-state index in [1.54, 1.807) is 24.3 Å². The Labute approximate surface area is 142 Å². The predicted molar refractivity (Wildman–Crippen MR) is 90.7 cm³/mol. The van der Waals surface area contributed by atoms with Gasteiger partial charge in [-0.25, -0.2) is 10.8 Å². The first-order valence-corrected chi connectivity index (χ1v) is 7.34. The number of aromatic nitrogens is 2. The van der Waals surface area contributed by atoms with Gasteiger partial charge in [0.25, 0.3) is 5.91 Å². The van der Waals surface area contributed by atoms with Crippen molar-refractivity contribution in [2.45, 2.75) is 0 Å². The van der Waals surface area contributed by atoms with Crippen LogP contribution in [-0.2, 0) is 0 Å². The van der Waals surface area contributed by atoms with Crippen molar-refractivity contribution in [3.63, 3.8) is 0 Å². The molecule has 0 radical (unpaired) electrons. The van der Waals surface area contributed by atoms with Gasteiger partial charge in [0.2, 0.25) is 5.78 Å². The number of nitrogens with zero attached hydrogens (tertiary/aromatic N) is 1. The zero-order chi connectivity index (χ0) is 18.0. The number of carbonyl (C=O) groups excluding carboxylic acids is 2. The Bertz CT molecular complexity index is 906. The highest BCUT2D eigenvalue weighted by molar-refractivity contribution is 6.08. The Hall–Kier alpha value is -3.39. The molecule has 0 atom stereocenters. The lowest BCUT2D eigenvalue weighted by atomic mass is 10.1. The number of fused-ring (bicyclic) bond motifs is 1. The number of methoxy groups -OCH3 is 2. The summed E-state index contributed by atoms with van der Waals surface area (Å²) >= 11 is 0. The first-order chi connectivity index (χ1) is 12.1. The van der Waals surface area contributed by atoms with Crippen LogP contribution in [0, 0.1) is 0 Å². The summed E-state index contributed by atoms with van der Waals surface area (Å²) in [6, 6.07) is 9.53. The molecule has 4 N–H and O–H groups in total. The van der Waals surface area contributed by atoms with Crippen LogP contribution in [0.1, 0.15) is 26.5 Å². The van der Waals surface area contributed by atoms with Crippen molar-refractivity contribution >= 4 is 22.7 Å². The molecule has 8 nitrogen and oxygen atoms in total. The first-order valence-electron chi connectivity index (χ1n) is 7.34. The van der Waals surface area contributed by atoms with Gasteiger partial charge < -0.3 is 14.5 Å². The van der Waals surface area contributed by atoms with E-state index in [2.05, 4.69) is 9.97 Å². The number of rotatable bonds is 5. The van der Waals surface area contributed by atoms with Gasteiger partial charge in [0.15, 0.2) is 17.3 Å². The average Bonchev–Trinajstić information content (AvgIpc) is 3.08. The Balaban J connectivity index is 1.95. The number of amides is 1. The van der Waals surface area contributed by atoms with Crippen molar-refractivity contribution in [1.82, 2.24) is 15.4 Å². The van der Waals surface area contributed by atoms with Gasteiger partial charge in [-0.15, -0.1) is 0 Å². The molecule has 3 rings (SSSR count). The van der Waals surface area contributed by atoms with Crippen molar-refractivity contribution in [2.75, 3.05) is 14.2 Å². The maximum Gasteiger partial charge on any atom is 0.265 e. The van der Waals surface area contributed by atoms with E-state index in [1.807, 2.05) is 5.43 Å². The lowest BCUT2D eigenvalue weighted by molar-refractivity contribution is 0.0952. The number of hydrogen-bond acceptors (Lipinski definition) is 6. The van der Waals surface area contributed by atoms with Crippen molar-refractivity contribution < 1.29 is 19.1 Å². The molecule has 1 amide bonds. The number of H-pyrrole nitrogens is 1. The summed E-state index contributed by atoms with van der Waals surface area (Å²) in [6.45, 7) is 0. The van der Waals surface area contributed by atoms with E-state index in [4.69, 9.17) is 15.3 Å². The molecule has 8 heteroatoms. The Morgan fingerprint density at radius 1 is 1.04 bits per heavy atom. The van der Waals surface area contributed by atoms with E-state index in [0.29, 0.717) is 33.7 Å². The second-order valence-corrected chi connectivity index (χ2v) is 5.19. The number of imidazole rings is 1. The summed E-state index contributed by atoms with van der Waals surface area (Å²) in [5.74, 6) is 5.60. The van der Waals surface area contributed by atoms with E-state index < -0.39 is 5.91 Å². The molecule has 128 valence electrons. The number of nitrogens with one attached hydrogen (secondary N) is 2. The Morgan fingerprint density at radius 2 is 1.64 bits per heavy atom. The van der Waals surface area contributed by atoms with Crippen molar-refractivity contribution in [1.29, 1.82) is 0 Å². The second-order valence-electron chi connectivity index (χ2n) is 5.19.